The maximum absolute atomic E-state index is 6.03. The molecule has 2 atom stereocenters. The summed E-state index contributed by atoms with van der Waals surface area (Å²) in [7, 11) is 2.11. The predicted octanol–water partition coefficient (Wildman–Crippen LogP) is 3.75. The minimum absolute atomic E-state index is 0.0979. The smallest absolute Gasteiger partial charge is 0.126 e. The molecule has 1 saturated heterocycles. The summed E-state index contributed by atoms with van der Waals surface area (Å²) in [6.45, 7) is 2.09. The van der Waals surface area contributed by atoms with E-state index in [1.807, 2.05) is 48.8 Å². The molecule has 2 aliphatic rings. The maximum atomic E-state index is 6.03. The minimum atomic E-state index is 0.0979. The van der Waals surface area contributed by atoms with Crippen LogP contribution in [0.4, 0.5) is 5.69 Å². The van der Waals surface area contributed by atoms with Gasteiger partial charge in [-0.15, -0.1) is 0 Å². The molecule has 0 saturated carbocycles. The van der Waals surface area contributed by atoms with Crippen molar-refractivity contribution in [1.82, 2.24) is 15.2 Å². The number of hydrogen-bond donors (Lipinski definition) is 2. The van der Waals surface area contributed by atoms with E-state index in [1.165, 1.54) is 12.8 Å². The molecule has 0 amide bonds. The summed E-state index contributed by atoms with van der Waals surface area (Å²) in [5.74, 6) is 1.52. The molecule has 0 spiro atoms. The number of aliphatic imine (C=N–C) groups is 1. The highest BCUT2D eigenvalue weighted by Crippen LogP contribution is 2.28. The average molecular weight is 382 g/mol. The van der Waals surface area contributed by atoms with E-state index in [2.05, 4.69) is 33.6 Å². The van der Waals surface area contributed by atoms with E-state index in [0.29, 0.717) is 5.92 Å². The second-order valence-corrected chi connectivity index (χ2v) is 7.48. The van der Waals surface area contributed by atoms with Crippen molar-refractivity contribution in [3.8, 4) is 0 Å². The van der Waals surface area contributed by atoms with Crippen molar-refractivity contribution in [2.75, 3.05) is 25.5 Å². The first-order chi connectivity index (χ1) is 13.2. The number of benzene rings is 1. The molecule has 1 aromatic carbocycles. The van der Waals surface area contributed by atoms with Gasteiger partial charge >= 0.3 is 0 Å². The Bertz CT molecular complexity index is 825. The summed E-state index contributed by atoms with van der Waals surface area (Å²) in [5, 5.41) is 7.79. The van der Waals surface area contributed by atoms with Crippen molar-refractivity contribution in [2.24, 2.45) is 10.9 Å². The lowest BCUT2D eigenvalue weighted by molar-refractivity contribution is 0.191. The number of rotatable bonds is 4. The van der Waals surface area contributed by atoms with Gasteiger partial charge in [0.2, 0.25) is 0 Å². The molecule has 27 heavy (non-hydrogen) atoms. The number of nitrogens with one attached hydrogen (secondary N) is 2. The Hall–Kier alpha value is -2.37. The first-order valence-corrected chi connectivity index (χ1v) is 9.74. The van der Waals surface area contributed by atoms with E-state index in [4.69, 9.17) is 16.6 Å². The number of piperidine rings is 1. The highest BCUT2D eigenvalue weighted by atomic mass is 35.5. The molecule has 0 aliphatic carbocycles. The zero-order valence-corrected chi connectivity index (χ0v) is 16.2. The fraction of sp³-hybridized carbons (Fsp3) is 0.333. The Morgan fingerprint density at radius 1 is 1.15 bits per heavy atom. The van der Waals surface area contributed by atoms with Gasteiger partial charge in [0.1, 0.15) is 12.0 Å². The van der Waals surface area contributed by atoms with Crippen LogP contribution in [0, 0.1) is 5.92 Å². The zero-order valence-electron chi connectivity index (χ0n) is 15.4. The number of allylic oxidation sites excluding steroid dienone is 1. The summed E-state index contributed by atoms with van der Waals surface area (Å²) >= 11 is 6.03. The van der Waals surface area contributed by atoms with Crippen LogP contribution in [0.3, 0.4) is 0 Å². The van der Waals surface area contributed by atoms with Gasteiger partial charge in [-0.2, -0.15) is 0 Å². The second-order valence-electron chi connectivity index (χ2n) is 7.04. The number of hydrogen-bond acceptors (Lipinski definition) is 5. The van der Waals surface area contributed by atoms with Gasteiger partial charge in [-0.3, -0.25) is 9.98 Å². The molecule has 2 aromatic rings. The molecular weight excluding hydrogens is 358 g/mol. The topological polar surface area (TPSA) is 52.5 Å². The van der Waals surface area contributed by atoms with Crippen LogP contribution >= 0.6 is 11.6 Å². The van der Waals surface area contributed by atoms with E-state index < -0.39 is 0 Å². The van der Waals surface area contributed by atoms with E-state index >= 15 is 0 Å². The molecule has 0 radical (unpaired) electrons. The molecule has 1 aromatic heterocycles. The van der Waals surface area contributed by atoms with Gasteiger partial charge in [0.25, 0.3) is 0 Å². The molecule has 2 N–H and O–H groups in total. The summed E-state index contributed by atoms with van der Waals surface area (Å²) in [5.41, 5.74) is 3.08. The summed E-state index contributed by atoms with van der Waals surface area (Å²) in [6.07, 6.45) is 8.21. The molecule has 0 bridgehead atoms. The van der Waals surface area contributed by atoms with Crippen molar-refractivity contribution in [3.05, 3.63) is 71.3 Å². The molecule has 1 fully saturated rings. The number of halogens is 1. The van der Waals surface area contributed by atoms with E-state index in [9.17, 15) is 0 Å². The Morgan fingerprint density at radius 2 is 1.93 bits per heavy atom. The Morgan fingerprint density at radius 3 is 2.63 bits per heavy atom. The summed E-state index contributed by atoms with van der Waals surface area (Å²) in [4.78, 5) is 11.5. The molecule has 4 rings (SSSR count). The number of nitrogens with zero attached hydrogens (tertiary/aromatic N) is 3. The molecule has 140 valence electrons. The Balaban J connectivity index is 1.66. The van der Waals surface area contributed by atoms with Gasteiger partial charge in [0.05, 0.1) is 5.71 Å². The summed E-state index contributed by atoms with van der Waals surface area (Å²) in [6, 6.07) is 11.8. The monoisotopic (exact) mass is 381 g/mol. The van der Waals surface area contributed by atoms with Crippen LogP contribution in [0.2, 0.25) is 5.02 Å². The third kappa shape index (κ3) is 4.15. The molecule has 6 heteroatoms. The highest BCUT2D eigenvalue weighted by molar-refractivity contribution is 6.30. The van der Waals surface area contributed by atoms with Crippen LogP contribution in [0.1, 0.15) is 18.4 Å². The lowest BCUT2D eigenvalue weighted by Gasteiger charge is -2.39. The third-order valence-corrected chi connectivity index (χ3v) is 5.42. The maximum Gasteiger partial charge on any atom is 0.126 e. The normalized spacial score (nSPS) is 22.8. The van der Waals surface area contributed by atoms with Crippen LogP contribution < -0.4 is 10.6 Å². The molecule has 2 aliphatic heterocycles. The molecule has 3 heterocycles. The quantitative estimate of drug-likeness (QED) is 0.846. The molecule has 5 nitrogen and oxygen atoms in total. The zero-order chi connectivity index (χ0) is 18.6. The first kappa shape index (κ1) is 18.0. The predicted molar refractivity (Wildman–Crippen MR) is 111 cm³/mol. The summed E-state index contributed by atoms with van der Waals surface area (Å²) < 4.78 is 0. The van der Waals surface area contributed by atoms with Gasteiger partial charge in [0.15, 0.2) is 0 Å². The van der Waals surface area contributed by atoms with E-state index in [-0.39, 0.29) is 6.17 Å². The Kier molecular flexibility index (Phi) is 5.41. The molecular formula is C21H24ClN5. The number of aromatic nitrogens is 1. The van der Waals surface area contributed by atoms with Crippen molar-refractivity contribution in [1.29, 1.82) is 0 Å². The van der Waals surface area contributed by atoms with Gasteiger partial charge in [-0.1, -0.05) is 11.6 Å². The van der Waals surface area contributed by atoms with Gasteiger partial charge < -0.3 is 15.5 Å². The van der Waals surface area contributed by atoms with Crippen molar-refractivity contribution in [2.45, 2.75) is 19.0 Å². The number of pyridine rings is 1. The number of anilines is 1. The van der Waals surface area contributed by atoms with Crippen molar-refractivity contribution < 1.29 is 0 Å². The third-order valence-electron chi connectivity index (χ3n) is 5.17. The largest absolute Gasteiger partial charge is 0.342 e. The van der Waals surface area contributed by atoms with Crippen LogP contribution in [0.15, 0.2) is 65.7 Å². The highest BCUT2D eigenvalue weighted by Gasteiger charge is 2.31. The SMILES string of the molecule is CN1C(Nc2ccc(Cl)cc2)=CC(c2ccncc2)=NC1C1CCCNC1. The van der Waals surface area contributed by atoms with E-state index in [0.717, 1.165) is 40.9 Å². The fourth-order valence-corrected chi connectivity index (χ4v) is 3.81. The standard InChI is InChI=1S/C21H24ClN5/c1-27-20(25-18-6-4-17(22)5-7-18)13-19(15-8-11-23-12-9-15)26-21(27)16-3-2-10-24-14-16/h4-9,11-13,16,21,24-25H,2-3,10,14H2,1H3. The molecule has 2 unspecified atom stereocenters. The van der Waals surface area contributed by atoms with Crippen LogP contribution in [0.5, 0.6) is 0 Å². The lowest BCUT2D eigenvalue weighted by Crippen LogP contribution is -2.46. The average Bonchev–Trinajstić information content (AvgIpc) is 2.72. The van der Waals surface area contributed by atoms with Crippen molar-refractivity contribution in [3.63, 3.8) is 0 Å². The van der Waals surface area contributed by atoms with Crippen molar-refractivity contribution >= 4 is 23.0 Å². The van der Waals surface area contributed by atoms with Gasteiger partial charge in [-0.25, -0.2) is 0 Å². The van der Waals surface area contributed by atoms with Gasteiger partial charge in [-0.05, 0) is 55.8 Å². The van der Waals surface area contributed by atoms with Crippen LogP contribution in [0.25, 0.3) is 0 Å². The minimum Gasteiger partial charge on any atom is -0.342 e. The van der Waals surface area contributed by atoms with Crippen LogP contribution in [-0.4, -0.2) is 41.9 Å². The Labute approximate surface area is 165 Å². The van der Waals surface area contributed by atoms with Gasteiger partial charge in [0, 0.05) is 54.3 Å². The fourth-order valence-electron chi connectivity index (χ4n) is 3.68. The van der Waals surface area contributed by atoms with Crippen LogP contribution in [-0.2, 0) is 0 Å². The lowest BCUT2D eigenvalue weighted by atomic mass is 9.94. The van der Waals surface area contributed by atoms with E-state index in [1.54, 1.807) is 0 Å². The first-order valence-electron chi connectivity index (χ1n) is 9.37. The second kappa shape index (κ2) is 8.11.